The number of pyridine rings is 1. The van der Waals surface area contributed by atoms with Crippen molar-refractivity contribution in [2.75, 3.05) is 18.2 Å². The number of nitrogen functional groups attached to an aromatic ring is 1. The van der Waals surface area contributed by atoms with E-state index in [9.17, 15) is 4.79 Å². The highest BCUT2D eigenvalue weighted by molar-refractivity contribution is 6.03. The van der Waals surface area contributed by atoms with Crippen LogP contribution in [-0.2, 0) is 0 Å². The van der Waals surface area contributed by atoms with E-state index in [2.05, 4.69) is 10.3 Å². The number of carbonyl (C=O) groups is 1. The minimum Gasteiger partial charge on any atom is -0.496 e. The maximum Gasteiger partial charge on any atom is 0.274 e. The van der Waals surface area contributed by atoms with Crippen molar-refractivity contribution in [3.05, 3.63) is 47.7 Å². The first-order valence-electron chi connectivity index (χ1n) is 5.78. The number of hydrogen-bond donors (Lipinski definition) is 2. The first-order valence-corrected chi connectivity index (χ1v) is 5.78. The van der Waals surface area contributed by atoms with Crippen LogP contribution in [0, 0.1) is 6.92 Å². The summed E-state index contributed by atoms with van der Waals surface area (Å²) in [5.74, 6) is 0.801. The standard InChI is InChI=1S/C14H15N3O2/c1-9-8-10(6-7-12(9)19-2)16-14(18)11-4-3-5-13(15)17-11/h3-8H,1-2H3,(H2,15,17)(H,16,18). The van der Waals surface area contributed by atoms with Gasteiger partial charge in [-0.25, -0.2) is 4.98 Å². The normalized spacial score (nSPS) is 10.0. The van der Waals surface area contributed by atoms with Crippen LogP contribution in [0.1, 0.15) is 16.1 Å². The molecule has 3 N–H and O–H groups in total. The Morgan fingerprint density at radius 3 is 2.74 bits per heavy atom. The number of amides is 1. The number of rotatable bonds is 3. The summed E-state index contributed by atoms with van der Waals surface area (Å²) in [6.07, 6.45) is 0. The molecule has 0 bridgehead atoms. The molecule has 98 valence electrons. The Morgan fingerprint density at radius 1 is 1.32 bits per heavy atom. The fourth-order valence-corrected chi connectivity index (χ4v) is 1.73. The third kappa shape index (κ3) is 3.01. The zero-order chi connectivity index (χ0) is 13.8. The van der Waals surface area contributed by atoms with Gasteiger partial charge in [0.1, 0.15) is 17.3 Å². The number of anilines is 2. The number of nitrogens with one attached hydrogen (secondary N) is 1. The Morgan fingerprint density at radius 2 is 2.11 bits per heavy atom. The molecule has 0 aliphatic rings. The molecule has 1 heterocycles. The van der Waals surface area contributed by atoms with Gasteiger partial charge in [0.15, 0.2) is 0 Å². The largest absolute Gasteiger partial charge is 0.496 e. The van der Waals surface area contributed by atoms with E-state index in [1.165, 1.54) is 0 Å². The molecule has 5 heteroatoms. The third-order valence-corrected chi connectivity index (χ3v) is 2.66. The summed E-state index contributed by atoms with van der Waals surface area (Å²) in [5, 5.41) is 2.77. The van der Waals surface area contributed by atoms with Crippen molar-refractivity contribution in [3.8, 4) is 5.75 Å². The lowest BCUT2D eigenvalue weighted by molar-refractivity contribution is 0.102. The second-order valence-electron chi connectivity index (χ2n) is 4.09. The van der Waals surface area contributed by atoms with Crippen LogP contribution in [0.5, 0.6) is 5.75 Å². The molecule has 0 saturated heterocycles. The van der Waals surface area contributed by atoms with Gasteiger partial charge in [-0.2, -0.15) is 0 Å². The molecule has 1 aromatic heterocycles. The first kappa shape index (κ1) is 12.9. The van der Waals surface area contributed by atoms with Gasteiger partial charge < -0.3 is 15.8 Å². The molecular formula is C14H15N3O2. The summed E-state index contributed by atoms with van der Waals surface area (Å²) in [6.45, 7) is 1.91. The van der Waals surface area contributed by atoms with E-state index in [4.69, 9.17) is 10.5 Å². The molecule has 0 aliphatic carbocycles. The molecule has 0 fully saturated rings. The van der Waals surface area contributed by atoms with Crippen molar-refractivity contribution in [1.82, 2.24) is 4.98 Å². The van der Waals surface area contributed by atoms with E-state index in [-0.39, 0.29) is 11.6 Å². The fraction of sp³-hybridized carbons (Fsp3) is 0.143. The fourth-order valence-electron chi connectivity index (χ4n) is 1.73. The maximum absolute atomic E-state index is 12.0. The van der Waals surface area contributed by atoms with Crippen LogP contribution < -0.4 is 15.8 Å². The number of nitrogens with zero attached hydrogens (tertiary/aromatic N) is 1. The smallest absolute Gasteiger partial charge is 0.274 e. The topological polar surface area (TPSA) is 77.2 Å². The average Bonchev–Trinajstić information content (AvgIpc) is 2.39. The molecule has 5 nitrogen and oxygen atoms in total. The zero-order valence-electron chi connectivity index (χ0n) is 10.8. The molecule has 19 heavy (non-hydrogen) atoms. The van der Waals surface area contributed by atoms with Gasteiger partial charge >= 0.3 is 0 Å². The molecule has 0 atom stereocenters. The highest BCUT2D eigenvalue weighted by Gasteiger charge is 2.08. The Balaban J connectivity index is 2.17. The molecule has 0 saturated carbocycles. The number of methoxy groups -OCH3 is 1. The van der Waals surface area contributed by atoms with Gasteiger partial charge in [-0.1, -0.05) is 6.07 Å². The lowest BCUT2D eigenvalue weighted by Gasteiger charge is -2.08. The number of aromatic nitrogens is 1. The number of nitrogens with two attached hydrogens (primary N) is 1. The van der Waals surface area contributed by atoms with Crippen LogP contribution in [0.3, 0.4) is 0 Å². The van der Waals surface area contributed by atoms with Crippen molar-refractivity contribution >= 4 is 17.4 Å². The second kappa shape index (κ2) is 5.39. The molecule has 1 amide bonds. The Labute approximate surface area is 111 Å². The molecule has 0 aliphatic heterocycles. The van der Waals surface area contributed by atoms with Gasteiger partial charge in [0.25, 0.3) is 5.91 Å². The summed E-state index contributed by atoms with van der Waals surface area (Å²) >= 11 is 0. The molecule has 0 radical (unpaired) electrons. The predicted molar refractivity (Wildman–Crippen MR) is 74.3 cm³/mol. The van der Waals surface area contributed by atoms with Gasteiger partial charge in [0.05, 0.1) is 7.11 Å². The lowest BCUT2D eigenvalue weighted by atomic mass is 10.2. The number of hydrogen-bond acceptors (Lipinski definition) is 4. The van der Waals surface area contributed by atoms with Gasteiger partial charge in [-0.15, -0.1) is 0 Å². The first-order chi connectivity index (χ1) is 9.10. The minimum atomic E-state index is -0.295. The number of ether oxygens (including phenoxy) is 1. The number of aryl methyl sites for hydroxylation is 1. The van der Waals surface area contributed by atoms with Gasteiger partial charge in [0.2, 0.25) is 0 Å². The molecule has 2 rings (SSSR count). The monoisotopic (exact) mass is 257 g/mol. The van der Waals surface area contributed by atoms with E-state index in [0.717, 1.165) is 11.3 Å². The molecule has 0 unspecified atom stereocenters. The van der Waals surface area contributed by atoms with Crippen molar-refractivity contribution in [2.24, 2.45) is 0 Å². The van der Waals surface area contributed by atoms with Crippen molar-refractivity contribution < 1.29 is 9.53 Å². The van der Waals surface area contributed by atoms with Gasteiger partial charge in [0, 0.05) is 5.69 Å². The van der Waals surface area contributed by atoms with Crippen molar-refractivity contribution in [2.45, 2.75) is 6.92 Å². The summed E-state index contributed by atoms with van der Waals surface area (Å²) < 4.78 is 5.16. The van der Waals surface area contributed by atoms with E-state index in [1.807, 2.05) is 13.0 Å². The number of benzene rings is 1. The quantitative estimate of drug-likeness (QED) is 0.884. The predicted octanol–water partition coefficient (Wildman–Crippen LogP) is 2.23. The van der Waals surface area contributed by atoms with Gasteiger partial charge in [-0.05, 0) is 42.8 Å². The highest BCUT2D eigenvalue weighted by Crippen LogP contribution is 2.21. The molecule has 0 spiro atoms. The lowest BCUT2D eigenvalue weighted by Crippen LogP contribution is -2.14. The van der Waals surface area contributed by atoms with Crippen LogP contribution >= 0.6 is 0 Å². The minimum absolute atomic E-state index is 0.286. The van der Waals surface area contributed by atoms with Crippen LogP contribution in [0.4, 0.5) is 11.5 Å². The van der Waals surface area contributed by atoms with E-state index in [1.54, 1.807) is 37.4 Å². The highest BCUT2D eigenvalue weighted by atomic mass is 16.5. The molecule has 2 aromatic rings. The Bertz CT molecular complexity index is 611. The van der Waals surface area contributed by atoms with Crippen LogP contribution in [0.15, 0.2) is 36.4 Å². The molecule has 1 aromatic carbocycles. The van der Waals surface area contributed by atoms with Crippen LogP contribution in [0.2, 0.25) is 0 Å². The van der Waals surface area contributed by atoms with Crippen LogP contribution in [0.25, 0.3) is 0 Å². The number of carbonyl (C=O) groups excluding carboxylic acids is 1. The summed E-state index contributed by atoms with van der Waals surface area (Å²) in [4.78, 5) is 15.9. The van der Waals surface area contributed by atoms with Crippen molar-refractivity contribution in [3.63, 3.8) is 0 Å². The summed E-state index contributed by atoms with van der Waals surface area (Å²) in [6, 6.07) is 10.4. The van der Waals surface area contributed by atoms with E-state index >= 15 is 0 Å². The second-order valence-corrected chi connectivity index (χ2v) is 4.09. The summed E-state index contributed by atoms with van der Waals surface area (Å²) in [7, 11) is 1.61. The zero-order valence-corrected chi connectivity index (χ0v) is 10.8. The maximum atomic E-state index is 12.0. The average molecular weight is 257 g/mol. The van der Waals surface area contributed by atoms with E-state index in [0.29, 0.717) is 11.5 Å². The SMILES string of the molecule is COc1ccc(NC(=O)c2cccc(N)n2)cc1C. The third-order valence-electron chi connectivity index (χ3n) is 2.66. The Hall–Kier alpha value is -2.56. The van der Waals surface area contributed by atoms with E-state index < -0.39 is 0 Å². The summed E-state index contributed by atoms with van der Waals surface area (Å²) in [5.41, 5.74) is 7.46. The molecular weight excluding hydrogens is 242 g/mol. The Kier molecular flexibility index (Phi) is 3.66. The van der Waals surface area contributed by atoms with Crippen molar-refractivity contribution in [1.29, 1.82) is 0 Å². The van der Waals surface area contributed by atoms with Gasteiger partial charge in [-0.3, -0.25) is 4.79 Å². The van der Waals surface area contributed by atoms with Crippen LogP contribution in [-0.4, -0.2) is 18.0 Å².